The minimum atomic E-state index is -1.08. The largest absolute Gasteiger partial charge is 0.383 e. The molecule has 166 valence electrons. The van der Waals surface area contributed by atoms with E-state index in [2.05, 4.69) is 50.1 Å². The summed E-state index contributed by atoms with van der Waals surface area (Å²) in [6.45, 7) is 10.2. The lowest BCUT2D eigenvalue weighted by atomic mass is 10.0. The van der Waals surface area contributed by atoms with Crippen molar-refractivity contribution in [2.24, 2.45) is 12.0 Å². The highest BCUT2D eigenvalue weighted by molar-refractivity contribution is 7.10. The lowest BCUT2D eigenvalue weighted by Crippen LogP contribution is -2.48. The predicted octanol–water partition coefficient (Wildman–Crippen LogP) is 1.71. The fourth-order valence-electron chi connectivity index (χ4n) is 3.58. The van der Waals surface area contributed by atoms with Crippen LogP contribution in [0, 0.1) is 0 Å². The number of aromatic nitrogens is 2. The molecule has 1 aliphatic heterocycles. The fourth-order valence-corrected chi connectivity index (χ4v) is 4.44. The maximum absolute atomic E-state index is 10.8. The van der Waals surface area contributed by atoms with Gasteiger partial charge in [-0.2, -0.15) is 5.10 Å². The van der Waals surface area contributed by atoms with E-state index in [9.17, 15) is 5.11 Å². The molecule has 0 radical (unpaired) electrons. The molecule has 3 rings (SSSR count). The quantitative estimate of drug-likeness (QED) is 0.433. The Balaban J connectivity index is 1.68. The maximum atomic E-state index is 10.8. The van der Waals surface area contributed by atoms with E-state index < -0.39 is 5.60 Å². The Labute approximate surface area is 183 Å². The summed E-state index contributed by atoms with van der Waals surface area (Å²) in [5, 5.41) is 23.9. The van der Waals surface area contributed by atoms with Crippen molar-refractivity contribution in [2.45, 2.75) is 38.5 Å². The number of nitrogens with one attached hydrogen (secondary N) is 2. The molecule has 0 spiro atoms. The van der Waals surface area contributed by atoms with Crippen LogP contribution >= 0.6 is 11.3 Å². The van der Waals surface area contributed by atoms with E-state index in [1.165, 1.54) is 4.88 Å². The zero-order valence-corrected chi connectivity index (χ0v) is 19.2. The van der Waals surface area contributed by atoms with Crippen molar-refractivity contribution in [2.75, 3.05) is 39.3 Å². The van der Waals surface area contributed by atoms with Crippen LogP contribution in [0.1, 0.15) is 37.3 Å². The van der Waals surface area contributed by atoms with Crippen LogP contribution in [0.15, 0.2) is 34.9 Å². The van der Waals surface area contributed by atoms with Gasteiger partial charge in [-0.25, -0.2) is 4.99 Å². The third-order valence-electron chi connectivity index (χ3n) is 5.26. The first-order valence-electron chi connectivity index (χ1n) is 10.5. The summed E-state index contributed by atoms with van der Waals surface area (Å²) in [6.07, 6.45) is 3.74. The molecule has 1 aliphatic rings. The Bertz CT molecular complexity index is 804. The molecule has 0 saturated carbocycles. The van der Waals surface area contributed by atoms with Crippen LogP contribution in [0.4, 0.5) is 0 Å². The minimum absolute atomic E-state index is 0.234. The van der Waals surface area contributed by atoms with Crippen molar-refractivity contribution in [3.05, 3.63) is 40.3 Å². The van der Waals surface area contributed by atoms with Crippen molar-refractivity contribution in [1.82, 2.24) is 25.3 Å². The molecule has 0 bridgehead atoms. The second kappa shape index (κ2) is 10.4. The highest BCUT2D eigenvalue weighted by Gasteiger charge is 2.27. The molecule has 0 aliphatic carbocycles. The van der Waals surface area contributed by atoms with Gasteiger partial charge in [-0.1, -0.05) is 6.07 Å². The van der Waals surface area contributed by atoms with E-state index in [-0.39, 0.29) is 18.7 Å². The van der Waals surface area contributed by atoms with Gasteiger partial charge in [0.2, 0.25) is 0 Å². The second-order valence-electron chi connectivity index (χ2n) is 7.96. The predicted molar refractivity (Wildman–Crippen MR) is 121 cm³/mol. The molecule has 0 amide bonds. The molecular formula is C21H34N6O2S. The third kappa shape index (κ3) is 6.04. The van der Waals surface area contributed by atoms with Crippen LogP contribution < -0.4 is 10.6 Å². The molecule has 2 aromatic heterocycles. The highest BCUT2D eigenvalue weighted by Crippen LogP contribution is 2.26. The van der Waals surface area contributed by atoms with Crippen molar-refractivity contribution in [3.63, 3.8) is 0 Å². The monoisotopic (exact) mass is 434 g/mol. The number of nitrogens with zero attached hydrogens (tertiary/aromatic N) is 4. The Morgan fingerprint density at radius 3 is 2.97 bits per heavy atom. The molecule has 0 aromatic carbocycles. The van der Waals surface area contributed by atoms with E-state index in [1.54, 1.807) is 29.1 Å². The van der Waals surface area contributed by atoms with Crippen molar-refractivity contribution in [3.8, 4) is 0 Å². The second-order valence-corrected chi connectivity index (χ2v) is 8.94. The van der Waals surface area contributed by atoms with Crippen LogP contribution in [0.25, 0.3) is 0 Å². The molecule has 2 aromatic rings. The summed E-state index contributed by atoms with van der Waals surface area (Å²) in [5.41, 5.74) is -0.327. The van der Waals surface area contributed by atoms with Gasteiger partial charge in [-0.3, -0.25) is 9.58 Å². The van der Waals surface area contributed by atoms with E-state index >= 15 is 0 Å². The Morgan fingerprint density at radius 2 is 2.33 bits per heavy atom. The van der Waals surface area contributed by atoms with E-state index in [0.29, 0.717) is 5.96 Å². The minimum Gasteiger partial charge on any atom is -0.383 e. The number of aryl methyl sites for hydroxylation is 1. The van der Waals surface area contributed by atoms with Crippen molar-refractivity contribution in [1.29, 1.82) is 0 Å². The summed E-state index contributed by atoms with van der Waals surface area (Å²) < 4.78 is 7.42. The summed E-state index contributed by atoms with van der Waals surface area (Å²) in [4.78, 5) is 8.45. The van der Waals surface area contributed by atoms with E-state index in [1.807, 2.05) is 20.2 Å². The normalized spacial score (nSPS) is 21.2. The zero-order chi connectivity index (χ0) is 21.6. The zero-order valence-electron chi connectivity index (χ0n) is 18.3. The molecule has 1 saturated heterocycles. The van der Waals surface area contributed by atoms with E-state index in [4.69, 9.17) is 4.74 Å². The number of guanidine groups is 1. The highest BCUT2D eigenvalue weighted by atomic mass is 32.1. The van der Waals surface area contributed by atoms with Gasteiger partial charge < -0.3 is 20.5 Å². The van der Waals surface area contributed by atoms with Gasteiger partial charge in [0.15, 0.2) is 5.96 Å². The number of hydrogen-bond acceptors (Lipinski definition) is 6. The number of aliphatic hydroxyl groups is 1. The molecule has 1 fully saturated rings. The van der Waals surface area contributed by atoms with Gasteiger partial charge in [-0.15, -0.1) is 11.3 Å². The molecule has 8 nitrogen and oxygen atoms in total. The maximum Gasteiger partial charge on any atom is 0.191 e. The summed E-state index contributed by atoms with van der Waals surface area (Å²) in [5.74, 6) is 0.699. The molecule has 3 N–H and O–H groups in total. The number of morpholine rings is 1. The SMILES string of the molecule is CCNC(=NCC(C)(O)c1cnn(C)c1)NCC(c1cccs1)N1CCOC(C)C1. The smallest absolute Gasteiger partial charge is 0.191 e. The first-order valence-corrected chi connectivity index (χ1v) is 11.4. The van der Waals surface area contributed by atoms with Gasteiger partial charge >= 0.3 is 0 Å². The molecule has 30 heavy (non-hydrogen) atoms. The van der Waals surface area contributed by atoms with Gasteiger partial charge in [0.05, 0.1) is 31.5 Å². The lowest BCUT2D eigenvalue weighted by Gasteiger charge is -2.37. The van der Waals surface area contributed by atoms with Crippen LogP contribution in [-0.2, 0) is 17.4 Å². The van der Waals surface area contributed by atoms with Gasteiger partial charge in [-0.05, 0) is 32.2 Å². The van der Waals surface area contributed by atoms with Crippen LogP contribution in [0.5, 0.6) is 0 Å². The molecular weight excluding hydrogens is 400 g/mol. The first-order chi connectivity index (χ1) is 14.4. The van der Waals surface area contributed by atoms with Gasteiger partial charge in [0, 0.05) is 49.9 Å². The third-order valence-corrected chi connectivity index (χ3v) is 6.24. The lowest BCUT2D eigenvalue weighted by molar-refractivity contribution is -0.0334. The number of hydrogen-bond donors (Lipinski definition) is 3. The van der Waals surface area contributed by atoms with E-state index in [0.717, 1.165) is 38.3 Å². The number of rotatable bonds is 8. The van der Waals surface area contributed by atoms with Crippen molar-refractivity contribution >= 4 is 17.3 Å². The number of thiophene rings is 1. The molecule has 3 heterocycles. The topological polar surface area (TPSA) is 86.9 Å². The summed E-state index contributed by atoms with van der Waals surface area (Å²) in [6, 6.07) is 4.54. The van der Waals surface area contributed by atoms with Crippen molar-refractivity contribution < 1.29 is 9.84 Å². The van der Waals surface area contributed by atoms with Crippen LogP contribution in [0.2, 0.25) is 0 Å². The first kappa shape index (κ1) is 22.7. The fraction of sp³-hybridized carbons (Fsp3) is 0.619. The Morgan fingerprint density at radius 1 is 1.50 bits per heavy atom. The number of aliphatic imine (C=N–C) groups is 1. The Kier molecular flexibility index (Phi) is 7.87. The number of ether oxygens (including phenoxy) is 1. The summed E-state index contributed by atoms with van der Waals surface area (Å²) >= 11 is 1.78. The summed E-state index contributed by atoms with van der Waals surface area (Å²) in [7, 11) is 1.84. The molecule has 9 heteroatoms. The molecule has 3 atom stereocenters. The van der Waals surface area contributed by atoms with Gasteiger partial charge in [0.25, 0.3) is 0 Å². The van der Waals surface area contributed by atoms with Gasteiger partial charge in [0.1, 0.15) is 5.60 Å². The van der Waals surface area contributed by atoms with Crippen LogP contribution in [0.3, 0.4) is 0 Å². The Hall–Kier alpha value is -1.94. The average molecular weight is 435 g/mol. The van der Waals surface area contributed by atoms with Crippen LogP contribution in [-0.4, -0.2) is 71.2 Å². The standard InChI is InChI=1S/C21H34N6O2S/c1-5-22-20(24-15-21(3,28)17-11-25-26(4)14-17)23-12-18(19-7-6-10-30-19)27-8-9-29-16(2)13-27/h6-7,10-11,14,16,18,28H,5,8-9,12-13,15H2,1-4H3,(H2,22,23,24). The average Bonchev–Trinajstić information content (AvgIpc) is 3.39. The molecule has 3 unspecified atom stereocenters.